The lowest BCUT2D eigenvalue weighted by atomic mass is 9.99. The molecule has 2 rings (SSSR count). The van der Waals surface area contributed by atoms with Crippen LogP contribution in [0.3, 0.4) is 0 Å². The molecular formula is C23H34N2O12. The quantitative estimate of drug-likeness (QED) is 0.294. The van der Waals surface area contributed by atoms with Gasteiger partial charge in [0, 0.05) is 38.8 Å². The van der Waals surface area contributed by atoms with Crippen LogP contribution in [-0.4, -0.2) is 117 Å². The average molecular weight is 531 g/mol. The van der Waals surface area contributed by atoms with E-state index in [0.717, 1.165) is 4.90 Å². The zero-order valence-electron chi connectivity index (χ0n) is 21.2. The highest BCUT2D eigenvalue weighted by molar-refractivity contribution is 5.73. The Labute approximate surface area is 213 Å². The molecule has 0 unspecified atom stereocenters. The SMILES string of the molecule is CN(CCN(C)C(=O)OCc1ccc(OC(C)(C)C)cc1O[C@@H]1O[C@H](C(=O)O)[C@@H](O)[C@H](O)[C@H]1O)C(=O)O. The lowest BCUT2D eigenvalue weighted by Gasteiger charge is -2.38. The average Bonchev–Trinajstić information content (AvgIpc) is 2.80. The second-order valence-electron chi connectivity index (χ2n) is 9.52. The van der Waals surface area contributed by atoms with E-state index in [1.807, 2.05) is 20.8 Å². The molecule has 0 aromatic heterocycles. The van der Waals surface area contributed by atoms with E-state index in [-0.39, 0.29) is 31.0 Å². The molecule has 2 amide bonds. The topological polar surface area (TPSA) is 196 Å². The first kappa shape index (κ1) is 29.9. The lowest BCUT2D eigenvalue weighted by Crippen LogP contribution is -2.61. The number of hydrogen-bond donors (Lipinski definition) is 5. The Kier molecular flexibility index (Phi) is 9.92. The van der Waals surface area contributed by atoms with Gasteiger partial charge < -0.3 is 54.3 Å². The van der Waals surface area contributed by atoms with Crippen molar-refractivity contribution in [2.24, 2.45) is 0 Å². The Morgan fingerprint density at radius 1 is 0.973 bits per heavy atom. The fourth-order valence-electron chi connectivity index (χ4n) is 3.19. The predicted octanol–water partition coefficient (Wildman–Crippen LogP) is 0.313. The fraction of sp³-hybridized carbons (Fsp3) is 0.609. The molecule has 1 aromatic rings. The van der Waals surface area contributed by atoms with Crippen LogP contribution in [0.15, 0.2) is 18.2 Å². The molecule has 1 heterocycles. The number of aliphatic hydroxyl groups excluding tert-OH is 3. The van der Waals surface area contributed by atoms with E-state index in [1.165, 1.54) is 31.1 Å². The van der Waals surface area contributed by atoms with Gasteiger partial charge >= 0.3 is 18.2 Å². The summed E-state index contributed by atoms with van der Waals surface area (Å²) in [6.45, 7) is 5.24. The van der Waals surface area contributed by atoms with Crippen LogP contribution in [0.4, 0.5) is 9.59 Å². The van der Waals surface area contributed by atoms with Crippen molar-refractivity contribution in [3.63, 3.8) is 0 Å². The maximum Gasteiger partial charge on any atom is 0.409 e. The minimum atomic E-state index is -1.89. The van der Waals surface area contributed by atoms with Crippen LogP contribution < -0.4 is 9.47 Å². The monoisotopic (exact) mass is 530 g/mol. The summed E-state index contributed by atoms with van der Waals surface area (Å²) in [4.78, 5) is 36.9. The number of carbonyl (C=O) groups is 3. The number of carboxylic acid groups (broad SMARTS) is 2. The Hall–Kier alpha value is -3.33. The third kappa shape index (κ3) is 8.35. The van der Waals surface area contributed by atoms with E-state index < -0.39 is 54.5 Å². The lowest BCUT2D eigenvalue weighted by molar-refractivity contribution is -0.271. The highest BCUT2D eigenvalue weighted by atomic mass is 16.7. The number of carbonyl (C=O) groups excluding carboxylic acids is 1. The molecule has 5 N–H and O–H groups in total. The second-order valence-corrected chi connectivity index (χ2v) is 9.52. The van der Waals surface area contributed by atoms with Gasteiger partial charge in [-0.2, -0.15) is 0 Å². The summed E-state index contributed by atoms with van der Waals surface area (Å²) in [6, 6.07) is 4.53. The zero-order valence-corrected chi connectivity index (χ0v) is 21.2. The van der Waals surface area contributed by atoms with Crippen molar-refractivity contribution in [3.8, 4) is 11.5 Å². The number of ether oxygens (including phenoxy) is 4. The third-order valence-corrected chi connectivity index (χ3v) is 5.28. The van der Waals surface area contributed by atoms with Crippen LogP contribution in [-0.2, 0) is 20.9 Å². The van der Waals surface area contributed by atoms with Crippen molar-refractivity contribution in [2.45, 2.75) is 63.7 Å². The van der Waals surface area contributed by atoms with Gasteiger partial charge in [-0.15, -0.1) is 0 Å². The molecule has 0 spiro atoms. The van der Waals surface area contributed by atoms with Crippen LogP contribution >= 0.6 is 0 Å². The van der Waals surface area contributed by atoms with Crippen molar-refractivity contribution in [1.82, 2.24) is 9.80 Å². The van der Waals surface area contributed by atoms with Gasteiger partial charge in [0.15, 0.2) is 6.10 Å². The molecule has 1 fully saturated rings. The minimum absolute atomic E-state index is 0.000378. The number of aliphatic hydroxyl groups is 3. The van der Waals surface area contributed by atoms with Crippen molar-refractivity contribution < 1.29 is 58.9 Å². The number of benzene rings is 1. The summed E-state index contributed by atoms with van der Waals surface area (Å²) < 4.78 is 22.0. The van der Waals surface area contributed by atoms with Gasteiger partial charge in [0.1, 0.15) is 42.0 Å². The van der Waals surface area contributed by atoms with E-state index in [9.17, 15) is 34.8 Å². The number of rotatable bonds is 9. The molecule has 1 aromatic carbocycles. The summed E-state index contributed by atoms with van der Waals surface area (Å²) in [5.41, 5.74) is -0.305. The summed E-state index contributed by atoms with van der Waals surface area (Å²) in [5, 5.41) is 48.5. The summed E-state index contributed by atoms with van der Waals surface area (Å²) in [5.74, 6) is -1.23. The number of carboxylic acids is 1. The van der Waals surface area contributed by atoms with Crippen LogP contribution in [0.5, 0.6) is 11.5 Å². The Balaban J connectivity index is 2.22. The van der Waals surface area contributed by atoms with Crippen LogP contribution in [0, 0.1) is 0 Å². The molecule has 5 atom stereocenters. The molecule has 1 saturated heterocycles. The summed E-state index contributed by atoms with van der Waals surface area (Å²) >= 11 is 0. The summed E-state index contributed by atoms with van der Waals surface area (Å²) in [7, 11) is 2.79. The Morgan fingerprint density at radius 2 is 1.59 bits per heavy atom. The second kappa shape index (κ2) is 12.3. The van der Waals surface area contributed by atoms with Gasteiger partial charge in [-0.1, -0.05) is 0 Å². The molecule has 1 aliphatic rings. The van der Waals surface area contributed by atoms with Gasteiger partial charge in [-0.25, -0.2) is 14.4 Å². The van der Waals surface area contributed by atoms with Gasteiger partial charge in [0.05, 0.1) is 0 Å². The Morgan fingerprint density at radius 3 is 2.16 bits per heavy atom. The number of nitrogens with zero attached hydrogens (tertiary/aromatic N) is 2. The number of likely N-dealkylation sites (N-methyl/N-ethyl adjacent to an activating group) is 2. The van der Waals surface area contributed by atoms with E-state index in [1.54, 1.807) is 6.07 Å². The van der Waals surface area contributed by atoms with E-state index >= 15 is 0 Å². The molecule has 0 saturated carbocycles. The molecule has 14 heteroatoms. The number of amides is 2. The molecule has 0 aliphatic carbocycles. The van der Waals surface area contributed by atoms with Crippen molar-refractivity contribution in [3.05, 3.63) is 23.8 Å². The minimum Gasteiger partial charge on any atom is -0.488 e. The highest BCUT2D eigenvalue weighted by Gasteiger charge is 2.48. The van der Waals surface area contributed by atoms with Gasteiger partial charge in [-0.3, -0.25) is 0 Å². The third-order valence-electron chi connectivity index (χ3n) is 5.28. The van der Waals surface area contributed by atoms with Crippen molar-refractivity contribution in [1.29, 1.82) is 0 Å². The van der Waals surface area contributed by atoms with Crippen molar-refractivity contribution in [2.75, 3.05) is 27.2 Å². The number of aliphatic carboxylic acids is 1. The van der Waals surface area contributed by atoms with Gasteiger partial charge in [0.25, 0.3) is 0 Å². The molecule has 1 aliphatic heterocycles. The van der Waals surface area contributed by atoms with E-state index in [0.29, 0.717) is 5.75 Å². The first-order valence-corrected chi connectivity index (χ1v) is 11.3. The first-order valence-electron chi connectivity index (χ1n) is 11.3. The van der Waals surface area contributed by atoms with Crippen LogP contribution in [0.1, 0.15) is 26.3 Å². The molecule has 14 nitrogen and oxygen atoms in total. The molecule has 37 heavy (non-hydrogen) atoms. The van der Waals surface area contributed by atoms with Gasteiger partial charge in [0.2, 0.25) is 6.29 Å². The maximum atomic E-state index is 12.4. The van der Waals surface area contributed by atoms with E-state index in [2.05, 4.69) is 0 Å². The fourth-order valence-corrected chi connectivity index (χ4v) is 3.19. The standard InChI is InChI=1S/C23H34N2O12/c1-23(2,3)37-13-7-6-12(11-34-22(33)25(5)9-8-24(4)21(31)32)14(10-13)35-20-17(28)15(26)16(27)18(36-20)19(29)30/h6-7,10,15-18,20,26-28H,8-9,11H2,1-5H3,(H,29,30)(H,31,32)/t15-,16-,17+,18-,20+/m0/s1. The molecule has 0 radical (unpaired) electrons. The summed E-state index contributed by atoms with van der Waals surface area (Å²) in [6.07, 6.45) is -11.0. The molecule has 0 bridgehead atoms. The van der Waals surface area contributed by atoms with E-state index in [4.69, 9.17) is 24.1 Å². The Bertz CT molecular complexity index is 966. The maximum absolute atomic E-state index is 12.4. The van der Waals surface area contributed by atoms with Gasteiger partial charge in [-0.05, 0) is 32.9 Å². The van der Waals surface area contributed by atoms with Crippen molar-refractivity contribution >= 4 is 18.2 Å². The zero-order chi connectivity index (χ0) is 28.1. The normalized spacial score (nSPS) is 23.6. The van der Waals surface area contributed by atoms with Crippen LogP contribution in [0.25, 0.3) is 0 Å². The smallest absolute Gasteiger partial charge is 0.409 e. The predicted molar refractivity (Wildman–Crippen MR) is 125 cm³/mol. The largest absolute Gasteiger partial charge is 0.488 e. The number of hydrogen-bond acceptors (Lipinski definition) is 10. The molecule has 208 valence electrons. The molecular weight excluding hydrogens is 496 g/mol. The first-order chi connectivity index (χ1) is 17.1. The highest BCUT2D eigenvalue weighted by Crippen LogP contribution is 2.31. The van der Waals surface area contributed by atoms with Crippen LogP contribution in [0.2, 0.25) is 0 Å².